The van der Waals surface area contributed by atoms with E-state index in [0.717, 1.165) is 5.56 Å². The van der Waals surface area contributed by atoms with Crippen molar-refractivity contribution in [1.82, 2.24) is 0 Å². The highest BCUT2D eigenvalue weighted by molar-refractivity contribution is 7.48. The van der Waals surface area contributed by atoms with E-state index in [4.69, 9.17) is 13.8 Å². The number of carbonyl (C=O) groups is 1. The van der Waals surface area contributed by atoms with Gasteiger partial charge in [-0.1, -0.05) is 35.9 Å². The molecular weight excluding hydrogens is 355 g/mol. The van der Waals surface area contributed by atoms with Crippen LogP contribution in [0.5, 0.6) is 5.75 Å². The first-order valence-electron chi connectivity index (χ1n) is 8.14. The molecule has 0 saturated carbocycles. The smallest absolute Gasteiger partial charge is 0.395 e. The second-order valence-electron chi connectivity index (χ2n) is 6.06. The van der Waals surface area contributed by atoms with Gasteiger partial charge in [-0.3, -0.25) is 4.89 Å². The van der Waals surface area contributed by atoms with Gasteiger partial charge in [0.15, 0.2) is 0 Å². The highest BCUT2D eigenvalue weighted by Gasteiger charge is 2.31. The highest BCUT2D eigenvalue weighted by atomic mass is 31.2. The lowest BCUT2D eigenvalue weighted by atomic mass is 10.0. The molecule has 0 bridgehead atoms. The predicted octanol–water partition coefficient (Wildman–Crippen LogP) is 4.14. The van der Waals surface area contributed by atoms with Gasteiger partial charge in [0.05, 0.1) is 12.2 Å². The monoisotopic (exact) mass is 378 g/mol. The van der Waals surface area contributed by atoms with E-state index in [2.05, 4.69) is 0 Å². The lowest BCUT2D eigenvalue weighted by molar-refractivity contribution is 0.0681. The number of hydrogen-bond acceptors (Lipinski definition) is 5. The Bertz CT molecular complexity index is 823. The van der Waals surface area contributed by atoms with E-state index in [1.165, 1.54) is 0 Å². The van der Waals surface area contributed by atoms with Crippen molar-refractivity contribution in [1.29, 1.82) is 0 Å². The van der Waals surface area contributed by atoms with Crippen molar-refractivity contribution in [2.24, 2.45) is 0 Å². The van der Waals surface area contributed by atoms with Crippen LogP contribution in [0.4, 0.5) is 0 Å². The number of phosphoric ester groups is 1. The number of carbonyl (C=O) groups excluding carboxylic acids is 1. The molecule has 1 unspecified atom stereocenters. The van der Waals surface area contributed by atoms with Gasteiger partial charge in [0.25, 0.3) is 0 Å². The Labute approximate surface area is 153 Å². The third-order valence-corrected chi connectivity index (χ3v) is 4.67. The largest absolute Gasteiger partial charge is 0.587 e. The van der Waals surface area contributed by atoms with Crippen LogP contribution in [0.15, 0.2) is 36.4 Å². The van der Waals surface area contributed by atoms with Gasteiger partial charge in [0.2, 0.25) is 0 Å². The number of aryl methyl sites for hydroxylation is 3. The van der Waals surface area contributed by atoms with Gasteiger partial charge in [-0.15, -0.1) is 0 Å². The number of ether oxygens (including phenoxy) is 1. The van der Waals surface area contributed by atoms with Crippen LogP contribution in [0.2, 0.25) is 0 Å². The average Bonchev–Trinajstić information content (AvgIpc) is 2.52. The molecule has 2 aromatic rings. The van der Waals surface area contributed by atoms with E-state index in [1.807, 2.05) is 19.1 Å². The summed E-state index contributed by atoms with van der Waals surface area (Å²) in [4.78, 5) is 22.5. The number of phosphoric acid groups is 1. The van der Waals surface area contributed by atoms with E-state index in [-0.39, 0.29) is 11.3 Å². The molecule has 7 heteroatoms. The molecule has 0 saturated heterocycles. The van der Waals surface area contributed by atoms with E-state index >= 15 is 0 Å². The van der Waals surface area contributed by atoms with Crippen molar-refractivity contribution in [2.45, 2.75) is 27.2 Å². The van der Waals surface area contributed by atoms with Crippen molar-refractivity contribution < 1.29 is 28.0 Å². The molecule has 0 aliphatic heterocycles. The van der Waals surface area contributed by atoms with Gasteiger partial charge in [0.1, 0.15) is 5.75 Å². The Morgan fingerprint density at radius 3 is 2.35 bits per heavy atom. The number of methoxy groups -OCH3 is 1. The second kappa shape index (κ2) is 8.49. The Kier molecular flexibility index (Phi) is 6.59. The zero-order valence-electron chi connectivity index (χ0n) is 15.3. The van der Waals surface area contributed by atoms with Crippen LogP contribution in [-0.2, 0) is 20.2 Å². The fourth-order valence-corrected chi connectivity index (χ4v) is 3.57. The van der Waals surface area contributed by atoms with Gasteiger partial charge in [-0.25, -0.2) is 9.36 Å². The third kappa shape index (κ3) is 5.18. The van der Waals surface area contributed by atoms with Crippen molar-refractivity contribution in [3.63, 3.8) is 0 Å². The summed E-state index contributed by atoms with van der Waals surface area (Å²) in [6.07, 6.45) is 0.497. The molecule has 2 rings (SSSR count). The van der Waals surface area contributed by atoms with Crippen molar-refractivity contribution in [2.75, 3.05) is 13.7 Å². The van der Waals surface area contributed by atoms with Gasteiger partial charge in [-0.05, 0) is 49.9 Å². The first-order valence-corrected chi connectivity index (χ1v) is 9.64. The summed E-state index contributed by atoms with van der Waals surface area (Å²) in [5.74, 6) is -0.708. The summed E-state index contributed by atoms with van der Waals surface area (Å²) < 4.78 is 27.3. The molecule has 2 aromatic carbocycles. The molecule has 1 N–H and O–H groups in total. The van der Waals surface area contributed by atoms with Crippen molar-refractivity contribution in [3.05, 3.63) is 64.2 Å². The van der Waals surface area contributed by atoms with Gasteiger partial charge >= 0.3 is 13.8 Å². The van der Waals surface area contributed by atoms with Crippen LogP contribution in [0, 0.1) is 20.8 Å². The fourth-order valence-electron chi connectivity index (χ4n) is 2.81. The van der Waals surface area contributed by atoms with Crippen LogP contribution in [-0.4, -0.2) is 24.6 Å². The highest BCUT2D eigenvalue weighted by Crippen LogP contribution is 2.46. The number of hydrogen-bond donors (Lipinski definition) is 1. The van der Waals surface area contributed by atoms with E-state index in [9.17, 15) is 14.3 Å². The Morgan fingerprint density at radius 1 is 1.12 bits per heavy atom. The maximum absolute atomic E-state index is 12.4. The Hall–Kier alpha value is -2.14. The van der Waals surface area contributed by atoms with Crippen LogP contribution in [0.3, 0.4) is 0 Å². The topological polar surface area (TPSA) is 82.1 Å². The molecule has 26 heavy (non-hydrogen) atoms. The SMILES string of the molecule is COCCc1ccccc1OP(=O)(O)OC(=O)c1c(C)cc(C)cc1C. The molecule has 0 fully saturated rings. The summed E-state index contributed by atoms with van der Waals surface area (Å²) in [7, 11) is -3.07. The minimum absolute atomic E-state index is 0.181. The van der Waals surface area contributed by atoms with Gasteiger partial charge in [0, 0.05) is 7.11 Å². The average molecular weight is 378 g/mol. The zero-order chi connectivity index (χ0) is 19.3. The fraction of sp³-hybridized carbons (Fsp3) is 0.316. The molecule has 0 aromatic heterocycles. The Balaban J connectivity index is 2.19. The predicted molar refractivity (Wildman–Crippen MR) is 98.5 cm³/mol. The molecular formula is C19H23O6P. The summed E-state index contributed by atoms with van der Waals surface area (Å²) in [6.45, 7) is 5.84. The standard InChI is InChI=1S/C19H23O6P/c1-13-11-14(2)18(15(3)12-13)19(20)25-26(21,22)24-17-8-6-5-7-16(17)9-10-23-4/h5-8,11-12H,9-10H2,1-4H3,(H,21,22). The van der Waals surface area contributed by atoms with Crippen LogP contribution >= 0.6 is 7.82 Å². The minimum atomic E-state index is -4.64. The van der Waals surface area contributed by atoms with Crippen LogP contribution in [0.1, 0.15) is 32.6 Å². The molecule has 0 radical (unpaired) electrons. The molecule has 140 valence electrons. The van der Waals surface area contributed by atoms with E-state index < -0.39 is 13.8 Å². The normalized spacial score (nSPS) is 13.1. The summed E-state index contributed by atoms with van der Waals surface area (Å²) in [5.41, 5.74) is 3.29. The third-order valence-electron chi connectivity index (χ3n) is 3.84. The number of para-hydroxylation sites is 1. The minimum Gasteiger partial charge on any atom is -0.395 e. The second-order valence-corrected chi connectivity index (χ2v) is 7.37. The lowest BCUT2D eigenvalue weighted by Gasteiger charge is -2.16. The number of rotatable bonds is 7. The van der Waals surface area contributed by atoms with Gasteiger partial charge < -0.3 is 13.8 Å². The van der Waals surface area contributed by atoms with Crippen LogP contribution < -0.4 is 4.52 Å². The van der Waals surface area contributed by atoms with E-state index in [0.29, 0.717) is 29.7 Å². The molecule has 0 heterocycles. The molecule has 0 aliphatic carbocycles. The first-order chi connectivity index (χ1) is 12.2. The molecule has 1 atom stereocenters. The summed E-state index contributed by atoms with van der Waals surface area (Å²) in [5, 5.41) is 0. The Morgan fingerprint density at radius 2 is 1.73 bits per heavy atom. The first kappa shape index (κ1) is 20.2. The summed E-state index contributed by atoms with van der Waals surface area (Å²) >= 11 is 0. The maximum Gasteiger partial charge on any atom is 0.587 e. The molecule has 0 aliphatic rings. The van der Waals surface area contributed by atoms with E-state index in [1.54, 1.807) is 45.2 Å². The summed E-state index contributed by atoms with van der Waals surface area (Å²) in [6, 6.07) is 10.4. The maximum atomic E-state index is 12.4. The van der Waals surface area contributed by atoms with Crippen molar-refractivity contribution in [3.8, 4) is 5.75 Å². The van der Waals surface area contributed by atoms with Gasteiger partial charge in [-0.2, -0.15) is 0 Å². The molecule has 0 spiro atoms. The number of benzene rings is 2. The zero-order valence-corrected chi connectivity index (χ0v) is 16.2. The molecule has 0 amide bonds. The van der Waals surface area contributed by atoms with Crippen LogP contribution in [0.25, 0.3) is 0 Å². The quantitative estimate of drug-likeness (QED) is 0.730. The van der Waals surface area contributed by atoms with Crippen molar-refractivity contribution >= 4 is 13.8 Å². The lowest BCUT2D eigenvalue weighted by Crippen LogP contribution is -2.11. The molecule has 6 nitrogen and oxygen atoms in total.